The van der Waals surface area contributed by atoms with Crippen molar-refractivity contribution in [1.29, 1.82) is 0 Å². The van der Waals surface area contributed by atoms with E-state index in [0.717, 1.165) is 19.3 Å². The first-order valence-electron chi connectivity index (χ1n) is 4.77. The molecule has 0 radical (unpaired) electrons. The maximum absolute atomic E-state index is 10.7. The maximum Gasteiger partial charge on any atom is 0.405 e. The van der Waals surface area contributed by atoms with Gasteiger partial charge in [0.1, 0.15) is 5.60 Å². The van der Waals surface area contributed by atoms with Gasteiger partial charge in [0.25, 0.3) is 0 Å². The molecule has 76 valence electrons. The zero-order chi connectivity index (χ0) is 9.90. The molecular weight excluding hydrogens is 168 g/mol. The van der Waals surface area contributed by atoms with Crippen molar-refractivity contribution in [3.05, 3.63) is 0 Å². The number of carbonyl (C=O) groups excluding carboxylic acids is 1. The summed E-state index contributed by atoms with van der Waals surface area (Å²) in [6, 6.07) is 0. The van der Waals surface area contributed by atoms with Gasteiger partial charge in [-0.15, -0.1) is 0 Å². The van der Waals surface area contributed by atoms with Crippen LogP contribution in [0.15, 0.2) is 0 Å². The molecule has 4 heteroatoms. The minimum Gasteiger partial charge on any atom is -0.443 e. The standard InChI is InChI=1S/C9H18N2O2/c1-9(13-8(11)12)5-3-2-4-7(9)6-10/h7H,2-6,10H2,1H3,(H2,11,12). The van der Waals surface area contributed by atoms with Gasteiger partial charge in [-0.25, -0.2) is 4.79 Å². The van der Waals surface area contributed by atoms with Gasteiger partial charge in [0.05, 0.1) is 0 Å². The Bertz CT molecular complexity index is 196. The molecule has 1 saturated carbocycles. The van der Waals surface area contributed by atoms with E-state index in [9.17, 15) is 4.79 Å². The van der Waals surface area contributed by atoms with Crippen LogP contribution in [0.1, 0.15) is 32.6 Å². The Kier molecular flexibility index (Phi) is 3.14. The second-order valence-electron chi connectivity index (χ2n) is 3.91. The summed E-state index contributed by atoms with van der Waals surface area (Å²) in [5, 5.41) is 0. The summed E-state index contributed by atoms with van der Waals surface area (Å²) < 4.78 is 5.14. The second kappa shape index (κ2) is 3.96. The fourth-order valence-electron chi connectivity index (χ4n) is 2.11. The van der Waals surface area contributed by atoms with Gasteiger partial charge >= 0.3 is 6.09 Å². The van der Waals surface area contributed by atoms with Crippen LogP contribution in [0.5, 0.6) is 0 Å². The fourth-order valence-corrected chi connectivity index (χ4v) is 2.11. The predicted molar refractivity (Wildman–Crippen MR) is 50.1 cm³/mol. The second-order valence-corrected chi connectivity index (χ2v) is 3.91. The van der Waals surface area contributed by atoms with E-state index in [1.807, 2.05) is 6.92 Å². The lowest BCUT2D eigenvalue weighted by Gasteiger charge is -2.39. The molecule has 13 heavy (non-hydrogen) atoms. The molecule has 2 unspecified atom stereocenters. The Morgan fingerprint density at radius 3 is 2.85 bits per heavy atom. The molecule has 0 heterocycles. The Hall–Kier alpha value is -0.770. The first-order chi connectivity index (χ1) is 6.08. The van der Waals surface area contributed by atoms with Gasteiger partial charge in [-0.3, -0.25) is 0 Å². The van der Waals surface area contributed by atoms with Gasteiger partial charge in [-0.1, -0.05) is 6.42 Å². The summed E-state index contributed by atoms with van der Waals surface area (Å²) in [6.07, 6.45) is 3.46. The van der Waals surface area contributed by atoms with E-state index in [0.29, 0.717) is 6.54 Å². The van der Waals surface area contributed by atoms with E-state index in [1.54, 1.807) is 0 Å². The summed E-state index contributed by atoms with van der Waals surface area (Å²) in [6.45, 7) is 2.48. The van der Waals surface area contributed by atoms with Crippen LogP contribution in [0.2, 0.25) is 0 Å². The summed E-state index contributed by atoms with van der Waals surface area (Å²) >= 11 is 0. The van der Waals surface area contributed by atoms with Crippen LogP contribution in [0.25, 0.3) is 0 Å². The molecule has 0 saturated heterocycles. The summed E-state index contributed by atoms with van der Waals surface area (Å²) in [7, 11) is 0. The topological polar surface area (TPSA) is 78.3 Å². The molecule has 4 nitrogen and oxygen atoms in total. The molecule has 0 aromatic rings. The minimum atomic E-state index is -0.692. The highest BCUT2D eigenvalue weighted by molar-refractivity contribution is 5.65. The number of hydrogen-bond donors (Lipinski definition) is 2. The highest BCUT2D eigenvalue weighted by atomic mass is 16.6. The van der Waals surface area contributed by atoms with E-state index < -0.39 is 11.7 Å². The molecular formula is C9H18N2O2. The number of primary amides is 1. The first-order valence-corrected chi connectivity index (χ1v) is 4.77. The fraction of sp³-hybridized carbons (Fsp3) is 0.889. The summed E-state index contributed by atoms with van der Waals surface area (Å²) in [5.41, 5.74) is 10.2. The van der Waals surface area contributed by atoms with Gasteiger partial charge < -0.3 is 16.2 Å². The molecule has 1 aliphatic rings. The molecule has 0 aromatic heterocycles. The zero-order valence-electron chi connectivity index (χ0n) is 8.08. The lowest BCUT2D eigenvalue weighted by Crippen LogP contribution is -2.46. The average molecular weight is 186 g/mol. The third-order valence-electron chi connectivity index (χ3n) is 2.96. The van der Waals surface area contributed by atoms with Crippen LogP contribution >= 0.6 is 0 Å². The summed E-state index contributed by atoms with van der Waals surface area (Å²) in [4.78, 5) is 10.7. The van der Waals surface area contributed by atoms with E-state index in [4.69, 9.17) is 16.2 Å². The highest BCUT2D eigenvalue weighted by Gasteiger charge is 2.38. The largest absolute Gasteiger partial charge is 0.443 e. The maximum atomic E-state index is 10.7. The molecule has 0 bridgehead atoms. The van der Waals surface area contributed by atoms with Gasteiger partial charge in [-0.2, -0.15) is 0 Å². The molecule has 0 aromatic carbocycles. The van der Waals surface area contributed by atoms with E-state index >= 15 is 0 Å². The molecule has 0 spiro atoms. The highest BCUT2D eigenvalue weighted by Crippen LogP contribution is 2.35. The van der Waals surface area contributed by atoms with Crippen LogP contribution in [0, 0.1) is 5.92 Å². The van der Waals surface area contributed by atoms with Crippen molar-refractivity contribution < 1.29 is 9.53 Å². The number of ether oxygens (including phenoxy) is 1. The van der Waals surface area contributed by atoms with E-state index in [1.165, 1.54) is 6.42 Å². The molecule has 1 aliphatic carbocycles. The van der Waals surface area contributed by atoms with Gasteiger partial charge in [0.2, 0.25) is 0 Å². The van der Waals surface area contributed by atoms with Gasteiger partial charge in [-0.05, 0) is 32.7 Å². The van der Waals surface area contributed by atoms with Crippen molar-refractivity contribution in [1.82, 2.24) is 0 Å². The number of hydrogen-bond acceptors (Lipinski definition) is 3. The third-order valence-corrected chi connectivity index (χ3v) is 2.96. The van der Waals surface area contributed by atoms with E-state index in [2.05, 4.69) is 0 Å². The van der Waals surface area contributed by atoms with Crippen molar-refractivity contribution >= 4 is 6.09 Å². The molecule has 1 rings (SSSR count). The van der Waals surface area contributed by atoms with Gasteiger partial charge in [0.15, 0.2) is 0 Å². The Balaban J connectivity index is 2.64. The van der Waals surface area contributed by atoms with Crippen LogP contribution in [0.4, 0.5) is 4.79 Å². The molecule has 4 N–H and O–H groups in total. The Morgan fingerprint density at radius 2 is 2.31 bits per heavy atom. The zero-order valence-corrected chi connectivity index (χ0v) is 8.08. The number of nitrogens with two attached hydrogens (primary N) is 2. The quantitative estimate of drug-likeness (QED) is 0.675. The Morgan fingerprint density at radius 1 is 1.62 bits per heavy atom. The smallest absolute Gasteiger partial charge is 0.405 e. The van der Waals surface area contributed by atoms with Crippen LogP contribution < -0.4 is 11.5 Å². The Labute approximate surface area is 78.6 Å². The monoisotopic (exact) mass is 186 g/mol. The van der Waals surface area contributed by atoms with Crippen molar-refractivity contribution in [2.75, 3.05) is 6.54 Å². The number of rotatable bonds is 2. The van der Waals surface area contributed by atoms with Crippen LogP contribution in [0.3, 0.4) is 0 Å². The first kappa shape index (κ1) is 10.3. The van der Waals surface area contributed by atoms with Crippen LogP contribution in [-0.2, 0) is 4.74 Å². The molecule has 1 fully saturated rings. The number of amides is 1. The van der Waals surface area contributed by atoms with Crippen molar-refractivity contribution in [2.45, 2.75) is 38.2 Å². The lowest BCUT2D eigenvalue weighted by molar-refractivity contribution is -0.0384. The van der Waals surface area contributed by atoms with Gasteiger partial charge in [0, 0.05) is 5.92 Å². The lowest BCUT2D eigenvalue weighted by atomic mass is 9.76. The van der Waals surface area contributed by atoms with Crippen LogP contribution in [-0.4, -0.2) is 18.2 Å². The molecule has 0 aliphatic heterocycles. The van der Waals surface area contributed by atoms with Crippen molar-refractivity contribution in [3.63, 3.8) is 0 Å². The molecule has 1 amide bonds. The number of carbonyl (C=O) groups is 1. The van der Waals surface area contributed by atoms with E-state index in [-0.39, 0.29) is 5.92 Å². The SMILES string of the molecule is CC1(OC(N)=O)CCCCC1CN. The normalized spacial score (nSPS) is 34.2. The predicted octanol–water partition coefficient (Wildman–Crippen LogP) is 0.989. The summed E-state index contributed by atoms with van der Waals surface area (Å²) in [5.74, 6) is 0.258. The third kappa shape index (κ3) is 2.34. The van der Waals surface area contributed by atoms with Crippen molar-refractivity contribution in [3.8, 4) is 0 Å². The average Bonchev–Trinajstić information content (AvgIpc) is 2.03. The molecule has 2 atom stereocenters. The minimum absolute atomic E-state index is 0.258. The van der Waals surface area contributed by atoms with Crippen molar-refractivity contribution in [2.24, 2.45) is 17.4 Å².